The molecule has 17 heteroatoms. The van der Waals surface area contributed by atoms with Crippen molar-refractivity contribution in [3.05, 3.63) is 89.7 Å². The number of hydrogen-bond donors (Lipinski definition) is 3. The maximum absolute atomic E-state index is 12.9. The molecule has 0 spiro atoms. The van der Waals surface area contributed by atoms with E-state index in [4.69, 9.17) is 24.5 Å². The quantitative estimate of drug-likeness (QED) is 0.179. The van der Waals surface area contributed by atoms with E-state index in [0.29, 0.717) is 30.8 Å². The molecule has 0 aliphatic heterocycles. The number of alkyl halides is 9. The first-order chi connectivity index (χ1) is 20.8. The molecule has 0 fully saturated rings. The number of fused-ring (bicyclic) bond motifs is 1. The van der Waals surface area contributed by atoms with Crippen LogP contribution in [0.1, 0.15) is 16.7 Å². The van der Waals surface area contributed by atoms with Gasteiger partial charge < -0.3 is 24.8 Å². The molecule has 4 rings (SSSR count). The number of nitrogens with one attached hydrogen (secondary N) is 1. The summed E-state index contributed by atoms with van der Waals surface area (Å²) >= 11 is 0. The summed E-state index contributed by atoms with van der Waals surface area (Å²) in [5.74, 6) is -4.07. The first-order valence-electron chi connectivity index (χ1n) is 12.4. The van der Waals surface area contributed by atoms with Gasteiger partial charge in [0.25, 0.3) is 0 Å². The summed E-state index contributed by atoms with van der Waals surface area (Å²) in [7, 11) is 1.96. The van der Waals surface area contributed by atoms with Crippen molar-refractivity contribution >= 4 is 23.0 Å². The maximum atomic E-state index is 12.9. The fourth-order valence-corrected chi connectivity index (χ4v) is 3.39. The molecule has 3 N–H and O–H groups in total. The Bertz CT molecular complexity index is 1530. The molecule has 3 aromatic carbocycles. The van der Waals surface area contributed by atoms with E-state index in [0.717, 1.165) is 28.4 Å². The van der Waals surface area contributed by atoms with Crippen LogP contribution in [0.4, 0.5) is 39.5 Å². The molecular formula is C28H24F9N3O5. The zero-order chi connectivity index (χ0) is 34.0. The minimum absolute atomic E-state index is 0.553. The van der Waals surface area contributed by atoms with Crippen molar-refractivity contribution in [2.24, 2.45) is 0 Å². The molecule has 1 aromatic heterocycles. The Labute approximate surface area is 248 Å². The molecule has 1 heterocycles. The van der Waals surface area contributed by atoms with Crippen molar-refractivity contribution < 1.29 is 64.1 Å². The molecule has 0 radical (unpaired) electrons. The van der Waals surface area contributed by atoms with Crippen molar-refractivity contribution in [3.8, 4) is 11.5 Å². The van der Waals surface area contributed by atoms with Gasteiger partial charge in [-0.3, -0.25) is 0 Å². The van der Waals surface area contributed by atoms with Gasteiger partial charge in [-0.2, -0.15) is 39.5 Å². The number of carboxylic acid groups (broad SMARTS) is 2. The number of rotatable bonds is 7. The molecular weight excluding hydrogens is 629 g/mol. The predicted octanol–water partition coefficient (Wildman–Crippen LogP) is 7.32. The van der Waals surface area contributed by atoms with Crippen molar-refractivity contribution in [2.75, 3.05) is 13.6 Å². The average molecular weight is 653 g/mol. The van der Waals surface area contributed by atoms with Crippen LogP contribution in [0.5, 0.6) is 11.5 Å². The standard InChI is InChI=1S/C24H22F3N3O.2C2HF3O2/c1-30(12-11-17-3-2-4-19(13-17)24(25,26)27)15-18-5-7-20(8-6-18)31-21-9-10-22-23(14-21)29-16-28-22;2*3-2(4,5)1(6)7/h2-10,13-14,16H,11-12,15H2,1H3,(H,28,29);2*(H,6,7). The lowest BCUT2D eigenvalue weighted by Crippen LogP contribution is -2.21. The Balaban J connectivity index is 0.000000421. The number of benzene rings is 3. The molecule has 8 nitrogen and oxygen atoms in total. The molecule has 0 unspecified atom stereocenters. The minimum Gasteiger partial charge on any atom is -0.475 e. The van der Waals surface area contributed by atoms with Crippen LogP contribution < -0.4 is 4.74 Å². The van der Waals surface area contributed by atoms with Gasteiger partial charge in [0, 0.05) is 19.2 Å². The van der Waals surface area contributed by atoms with Crippen LogP contribution in [0.2, 0.25) is 0 Å². The molecule has 0 saturated carbocycles. The molecule has 4 aromatic rings. The summed E-state index contributed by atoms with van der Waals surface area (Å²) in [5, 5.41) is 14.2. The van der Waals surface area contributed by atoms with Crippen LogP contribution in [0.15, 0.2) is 73.1 Å². The van der Waals surface area contributed by atoms with E-state index in [9.17, 15) is 39.5 Å². The van der Waals surface area contributed by atoms with E-state index in [1.54, 1.807) is 12.4 Å². The summed E-state index contributed by atoms with van der Waals surface area (Å²) < 4.78 is 108. The molecule has 0 bridgehead atoms. The van der Waals surface area contributed by atoms with Gasteiger partial charge in [-0.15, -0.1) is 0 Å². The fraction of sp³-hybridized carbons (Fsp3) is 0.250. The summed E-state index contributed by atoms with van der Waals surface area (Å²) in [5.41, 5.74) is 2.98. The highest BCUT2D eigenvalue weighted by Gasteiger charge is 2.39. The van der Waals surface area contributed by atoms with Crippen LogP contribution >= 0.6 is 0 Å². The van der Waals surface area contributed by atoms with Gasteiger partial charge in [0.2, 0.25) is 0 Å². The summed E-state index contributed by atoms with van der Waals surface area (Å²) in [4.78, 5) is 27.1. The largest absolute Gasteiger partial charge is 0.490 e. The zero-order valence-electron chi connectivity index (χ0n) is 23.0. The van der Waals surface area contributed by atoms with Gasteiger partial charge in [0.1, 0.15) is 11.5 Å². The van der Waals surface area contributed by atoms with Crippen LogP contribution in [0.3, 0.4) is 0 Å². The third-order valence-corrected chi connectivity index (χ3v) is 5.53. The van der Waals surface area contributed by atoms with E-state index >= 15 is 0 Å². The van der Waals surface area contributed by atoms with E-state index in [1.165, 1.54) is 12.1 Å². The summed E-state index contributed by atoms with van der Waals surface area (Å²) in [6.07, 6.45) is -12.3. The first kappa shape index (κ1) is 36.4. The SMILES string of the molecule is CN(CCc1cccc(C(F)(F)F)c1)Cc1ccc(Oc2ccc3[nH]cnc3c2)cc1.O=C(O)C(F)(F)F.O=C(O)C(F)(F)F. The Hall–Kier alpha value is -4.80. The number of imidazole rings is 1. The number of likely N-dealkylation sites (N-methyl/N-ethyl adjacent to an activating group) is 1. The fourth-order valence-electron chi connectivity index (χ4n) is 3.39. The van der Waals surface area contributed by atoms with Gasteiger partial charge in [0.15, 0.2) is 0 Å². The highest BCUT2D eigenvalue weighted by atomic mass is 19.4. The molecule has 0 aliphatic carbocycles. The maximum Gasteiger partial charge on any atom is 0.490 e. The van der Waals surface area contributed by atoms with Gasteiger partial charge in [-0.25, -0.2) is 14.6 Å². The second-order valence-electron chi connectivity index (χ2n) is 9.12. The lowest BCUT2D eigenvalue weighted by molar-refractivity contribution is -0.193. The molecule has 244 valence electrons. The number of aromatic nitrogens is 2. The number of aromatic amines is 1. The number of carboxylic acids is 2. The number of hydrogen-bond acceptors (Lipinski definition) is 5. The second kappa shape index (κ2) is 15.3. The predicted molar refractivity (Wildman–Crippen MR) is 141 cm³/mol. The van der Waals surface area contributed by atoms with Crippen molar-refractivity contribution in [2.45, 2.75) is 31.5 Å². The normalized spacial score (nSPS) is 11.7. The van der Waals surface area contributed by atoms with Gasteiger partial charge >= 0.3 is 30.5 Å². The Morgan fingerprint density at radius 3 is 1.89 bits per heavy atom. The minimum atomic E-state index is -5.08. The Morgan fingerprint density at radius 2 is 1.36 bits per heavy atom. The van der Waals surface area contributed by atoms with Crippen LogP contribution in [-0.2, 0) is 28.7 Å². The smallest absolute Gasteiger partial charge is 0.475 e. The summed E-state index contributed by atoms with van der Waals surface area (Å²) in [6, 6.07) is 19.0. The first-order valence-corrected chi connectivity index (χ1v) is 12.4. The molecule has 45 heavy (non-hydrogen) atoms. The molecule has 0 saturated heterocycles. The zero-order valence-corrected chi connectivity index (χ0v) is 23.0. The van der Waals surface area contributed by atoms with Gasteiger partial charge in [0.05, 0.1) is 22.9 Å². The monoisotopic (exact) mass is 653 g/mol. The van der Waals surface area contributed by atoms with E-state index in [1.807, 2.05) is 49.5 Å². The Kier molecular flexibility index (Phi) is 12.4. The second-order valence-corrected chi connectivity index (χ2v) is 9.12. The Morgan fingerprint density at radius 1 is 0.800 bits per heavy atom. The van der Waals surface area contributed by atoms with Gasteiger partial charge in [-0.1, -0.05) is 30.3 Å². The topological polar surface area (TPSA) is 116 Å². The lowest BCUT2D eigenvalue weighted by Gasteiger charge is -2.17. The molecule has 0 amide bonds. The molecule has 0 atom stereocenters. The number of H-pyrrole nitrogens is 1. The van der Waals surface area contributed by atoms with E-state index in [2.05, 4.69) is 14.9 Å². The van der Waals surface area contributed by atoms with E-state index in [-0.39, 0.29) is 0 Å². The number of halogens is 9. The number of aliphatic carboxylic acids is 2. The number of ether oxygens (including phenoxy) is 1. The van der Waals surface area contributed by atoms with Crippen molar-refractivity contribution in [1.82, 2.24) is 14.9 Å². The third-order valence-electron chi connectivity index (χ3n) is 5.53. The van der Waals surface area contributed by atoms with Crippen molar-refractivity contribution in [3.63, 3.8) is 0 Å². The third kappa shape index (κ3) is 12.8. The number of carbonyl (C=O) groups is 2. The number of nitrogens with zero attached hydrogens (tertiary/aromatic N) is 2. The highest BCUT2D eigenvalue weighted by Crippen LogP contribution is 2.30. The van der Waals surface area contributed by atoms with Crippen LogP contribution in [0.25, 0.3) is 11.0 Å². The summed E-state index contributed by atoms with van der Waals surface area (Å²) in [6.45, 7) is 1.35. The highest BCUT2D eigenvalue weighted by molar-refractivity contribution is 5.76. The average Bonchev–Trinajstić information content (AvgIpc) is 3.40. The van der Waals surface area contributed by atoms with Crippen LogP contribution in [0, 0.1) is 0 Å². The lowest BCUT2D eigenvalue weighted by atomic mass is 10.1. The van der Waals surface area contributed by atoms with Crippen LogP contribution in [-0.4, -0.2) is 63.0 Å². The molecule has 0 aliphatic rings. The van der Waals surface area contributed by atoms with E-state index < -0.39 is 36.0 Å². The van der Waals surface area contributed by atoms with Crippen molar-refractivity contribution in [1.29, 1.82) is 0 Å². The van der Waals surface area contributed by atoms with Gasteiger partial charge in [-0.05, 0) is 54.9 Å².